The molecule has 0 aliphatic carbocycles. The molecule has 0 bridgehead atoms. The molecule has 1 heterocycles. The fourth-order valence-electron chi connectivity index (χ4n) is 2.40. The normalized spacial score (nSPS) is 19.6. The van der Waals surface area contributed by atoms with Crippen molar-refractivity contribution in [3.63, 3.8) is 0 Å². The van der Waals surface area contributed by atoms with Gasteiger partial charge in [0.1, 0.15) is 0 Å². The number of rotatable bonds is 3. The Morgan fingerprint density at radius 2 is 2.06 bits per heavy atom. The molecule has 0 saturated carbocycles. The van der Waals surface area contributed by atoms with Crippen molar-refractivity contribution in [2.75, 3.05) is 6.54 Å². The highest BCUT2D eigenvalue weighted by molar-refractivity contribution is 7.80. The van der Waals surface area contributed by atoms with E-state index in [1.165, 1.54) is 0 Å². The average molecular weight is 262 g/mol. The Balaban J connectivity index is 2.05. The van der Waals surface area contributed by atoms with Gasteiger partial charge >= 0.3 is 0 Å². The van der Waals surface area contributed by atoms with E-state index in [1.54, 1.807) is 0 Å². The van der Waals surface area contributed by atoms with Gasteiger partial charge in [-0.05, 0) is 24.8 Å². The van der Waals surface area contributed by atoms with Gasteiger partial charge in [-0.15, -0.1) is 0 Å². The van der Waals surface area contributed by atoms with Crippen LogP contribution < -0.4 is 5.73 Å². The standard InChI is InChI=1S/C14H18N2OS/c15-14(18)12-8-4-5-9-16(12)13(17)10-11-6-2-1-3-7-11/h1-3,6-7,12H,4-5,8-10H2,(H2,15,18). The van der Waals surface area contributed by atoms with Gasteiger partial charge in [-0.1, -0.05) is 42.5 Å². The zero-order valence-corrected chi connectivity index (χ0v) is 11.2. The highest BCUT2D eigenvalue weighted by atomic mass is 32.1. The Bertz CT molecular complexity index is 433. The summed E-state index contributed by atoms with van der Waals surface area (Å²) in [6, 6.07) is 9.74. The minimum atomic E-state index is -0.0510. The van der Waals surface area contributed by atoms with Gasteiger partial charge in [-0.3, -0.25) is 4.79 Å². The van der Waals surface area contributed by atoms with E-state index in [1.807, 2.05) is 35.2 Å². The molecule has 1 aromatic rings. The Morgan fingerprint density at radius 3 is 2.72 bits per heavy atom. The Morgan fingerprint density at radius 1 is 1.33 bits per heavy atom. The number of benzene rings is 1. The lowest BCUT2D eigenvalue weighted by Gasteiger charge is -2.35. The number of amides is 1. The van der Waals surface area contributed by atoms with E-state index in [9.17, 15) is 4.79 Å². The summed E-state index contributed by atoms with van der Waals surface area (Å²) in [6.45, 7) is 0.772. The van der Waals surface area contributed by atoms with Gasteiger partial charge in [0.05, 0.1) is 17.5 Å². The van der Waals surface area contributed by atoms with Crippen LogP contribution in [0.15, 0.2) is 30.3 Å². The number of thiocarbonyl (C=S) groups is 1. The molecule has 0 spiro atoms. The predicted octanol–water partition coefficient (Wildman–Crippen LogP) is 1.90. The molecular formula is C14H18N2OS. The van der Waals surface area contributed by atoms with Gasteiger partial charge in [0, 0.05) is 6.54 Å². The van der Waals surface area contributed by atoms with Gasteiger partial charge in [-0.2, -0.15) is 0 Å². The van der Waals surface area contributed by atoms with Crippen LogP contribution in [0.1, 0.15) is 24.8 Å². The summed E-state index contributed by atoms with van der Waals surface area (Å²) in [7, 11) is 0. The highest BCUT2D eigenvalue weighted by Crippen LogP contribution is 2.18. The maximum Gasteiger partial charge on any atom is 0.227 e. The summed E-state index contributed by atoms with van der Waals surface area (Å²) in [5.74, 6) is 0.124. The lowest BCUT2D eigenvalue weighted by atomic mass is 10.0. The molecule has 1 aliphatic heterocycles. The molecule has 2 N–H and O–H groups in total. The monoisotopic (exact) mass is 262 g/mol. The van der Waals surface area contributed by atoms with E-state index < -0.39 is 0 Å². The van der Waals surface area contributed by atoms with Crippen LogP contribution in [0.5, 0.6) is 0 Å². The second kappa shape index (κ2) is 5.96. The molecule has 1 atom stereocenters. The van der Waals surface area contributed by atoms with E-state index in [2.05, 4.69) is 0 Å². The SMILES string of the molecule is NC(=S)C1CCCCN1C(=O)Cc1ccccc1. The second-order valence-corrected chi connectivity index (χ2v) is 5.13. The first-order chi connectivity index (χ1) is 8.68. The van der Waals surface area contributed by atoms with Crippen molar-refractivity contribution in [3.05, 3.63) is 35.9 Å². The first-order valence-electron chi connectivity index (χ1n) is 6.31. The Labute approximate surface area is 113 Å². The summed E-state index contributed by atoms with van der Waals surface area (Å²) in [4.78, 5) is 14.6. The minimum absolute atomic E-state index is 0.0510. The summed E-state index contributed by atoms with van der Waals surface area (Å²) in [5, 5.41) is 0. The smallest absolute Gasteiger partial charge is 0.227 e. The molecule has 1 amide bonds. The quantitative estimate of drug-likeness (QED) is 0.846. The molecule has 1 unspecified atom stereocenters. The van der Waals surface area contributed by atoms with Crippen molar-refractivity contribution in [3.8, 4) is 0 Å². The molecule has 1 saturated heterocycles. The fourth-order valence-corrected chi connectivity index (χ4v) is 2.64. The van der Waals surface area contributed by atoms with Crippen molar-refractivity contribution in [2.45, 2.75) is 31.7 Å². The molecule has 4 heteroatoms. The van der Waals surface area contributed by atoms with Gasteiger partial charge in [-0.25, -0.2) is 0 Å². The summed E-state index contributed by atoms with van der Waals surface area (Å²) in [6.07, 6.45) is 3.46. The van der Waals surface area contributed by atoms with E-state index in [-0.39, 0.29) is 11.9 Å². The number of piperidine rings is 1. The summed E-state index contributed by atoms with van der Waals surface area (Å²) in [5.41, 5.74) is 6.76. The van der Waals surface area contributed by atoms with E-state index in [4.69, 9.17) is 18.0 Å². The lowest BCUT2D eigenvalue weighted by Crippen LogP contribution is -2.50. The van der Waals surface area contributed by atoms with Crippen LogP contribution in [-0.2, 0) is 11.2 Å². The number of carbonyl (C=O) groups is 1. The molecule has 0 aromatic heterocycles. The number of nitrogens with zero attached hydrogens (tertiary/aromatic N) is 1. The zero-order chi connectivity index (χ0) is 13.0. The molecule has 1 fully saturated rings. The molecule has 3 nitrogen and oxygen atoms in total. The van der Waals surface area contributed by atoms with Crippen molar-refractivity contribution < 1.29 is 4.79 Å². The highest BCUT2D eigenvalue weighted by Gasteiger charge is 2.28. The molecule has 18 heavy (non-hydrogen) atoms. The third-order valence-electron chi connectivity index (χ3n) is 3.35. The molecule has 96 valence electrons. The van der Waals surface area contributed by atoms with Crippen LogP contribution in [0.2, 0.25) is 0 Å². The van der Waals surface area contributed by atoms with Crippen molar-refractivity contribution in [1.29, 1.82) is 0 Å². The van der Waals surface area contributed by atoms with Crippen molar-refractivity contribution in [2.24, 2.45) is 5.73 Å². The number of likely N-dealkylation sites (tertiary alicyclic amines) is 1. The maximum atomic E-state index is 12.3. The van der Waals surface area contributed by atoms with E-state index in [0.29, 0.717) is 11.4 Å². The fraction of sp³-hybridized carbons (Fsp3) is 0.429. The molecule has 2 rings (SSSR count). The lowest BCUT2D eigenvalue weighted by molar-refractivity contribution is -0.132. The number of hydrogen-bond acceptors (Lipinski definition) is 2. The average Bonchev–Trinajstić information content (AvgIpc) is 2.40. The van der Waals surface area contributed by atoms with Crippen LogP contribution in [0, 0.1) is 0 Å². The Kier molecular flexibility index (Phi) is 4.31. The molecule has 1 aliphatic rings. The van der Waals surface area contributed by atoms with Gasteiger partial charge in [0.25, 0.3) is 0 Å². The number of carbonyl (C=O) groups excluding carboxylic acids is 1. The maximum absolute atomic E-state index is 12.3. The third kappa shape index (κ3) is 3.07. The third-order valence-corrected chi connectivity index (χ3v) is 3.62. The summed E-state index contributed by atoms with van der Waals surface area (Å²) >= 11 is 5.06. The largest absolute Gasteiger partial charge is 0.392 e. The molecular weight excluding hydrogens is 244 g/mol. The van der Waals surface area contributed by atoms with Gasteiger partial charge in [0.2, 0.25) is 5.91 Å². The zero-order valence-electron chi connectivity index (χ0n) is 10.3. The Hall–Kier alpha value is -1.42. The van der Waals surface area contributed by atoms with Crippen LogP contribution in [-0.4, -0.2) is 28.4 Å². The van der Waals surface area contributed by atoms with Crippen LogP contribution in [0.25, 0.3) is 0 Å². The van der Waals surface area contributed by atoms with Crippen molar-refractivity contribution >= 4 is 23.1 Å². The first kappa shape index (κ1) is 13.0. The second-order valence-electron chi connectivity index (χ2n) is 4.66. The van der Waals surface area contributed by atoms with Crippen molar-refractivity contribution in [1.82, 2.24) is 4.90 Å². The van der Waals surface area contributed by atoms with Crippen LogP contribution in [0.3, 0.4) is 0 Å². The first-order valence-corrected chi connectivity index (χ1v) is 6.72. The van der Waals surface area contributed by atoms with E-state index >= 15 is 0 Å². The molecule has 0 radical (unpaired) electrons. The summed E-state index contributed by atoms with van der Waals surface area (Å²) < 4.78 is 0. The topological polar surface area (TPSA) is 46.3 Å². The predicted molar refractivity (Wildman–Crippen MR) is 76.3 cm³/mol. The number of hydrogen-bond donors (Lipinski definition) is 1. The van der Waals surface area contributed by atoms with Crippen LogP contribution >= 0.6 is 12.2 Å². The van der Waals surface area contributed by atoms with Gasteiger partial charge in [0.15, 0.2) is 0 Å². The van der Waals surface area contributed by atoms with Crippen LogP contribution in [0.4, 0.5) is 0 Å². The number of nitrogens with two attached hydrogens (primary N) is 1. The van der Waals surface area contributed by atoms with E-state index in [0.717, 1.165) is 31.4 Å². The molecule has 1 aromatic carbocycles. The van der Waals surface area contributed by atoms with Gasteiger partial charge < -0.3 is 10.6 Å². The minimum Gasteiger partial charge on any atom is -0.392 e.